The van der Waals surface area contributed by atoms with Crippen molar-refractivity contribution in [1.29, 1.82) is 5.26 Å². The summed E-state index contributed by atoms with van der Waals surface area (Å²) in [5.74, 6) is -0.524. The van der Waals surface area contributed by atoms with E-state index in [2.05, 4.69) is 5.32 Å². The molecule has 0 aliphatic heterocycles. The average molecular weight is 341 g/mol. The van der Waals surface area contributed by atoms with Gasteiger partial charge in [0.25, 0.3) is 5.91 Å². The van der Waals surface area contributed by atoms with Gasteiger partial charge in [-0.05, 0) is 23.8 Å². The van der Waals surface area contributed by atoms with Gasteiger partial charge in [-0.25, -0.2) is 0 Å². The van der Waals surface area contributed by atoms with Crippen LogP contribution in [0, 0.1) is 11.3 Å². The number of carbonyl (C=O) groups is 1. The van der Waals surface area contributed by atoms with E-state index >= 15 is 0 Å². The highest BCUT2D eigenvalue weighted by Gasteiger charge is 2.12. The van der Waals surface area contributed by atoms with Crippen LogP contribution in [0.3, 0.4) is 0 Å². The van der Waals surface area contributed by atoms with Gasteiger partial charge < -0.3 is 16.0 Å². The van der Waals surface area contributed by atoms with Gasteiger partial charge in [-0.3, -0.25) is 4.79 Å². The number of nitrogens with one attached hydrogen (secondary N) is 1. The molecule has 0 spiro atoms. The van der Waals surface area contributed by atoms with Crippen molar-refractivity contribution in [2.24, 2.45) is 0 Å². The summed E-state index contributed by atoms with van der Waals surface area (Å²) in [5.41, 5.74) is 7.58. The molecule has 0 saturated carbocycles. The van der Waals surface area contributed by atoms with Crippen molar-refractivity contribution in [3.8, 4) is 6.07 Å². The number of hydrogen-bond donors (Lipinski definition) is 2. The zero-order valence-corrected chi connectivity index (χ0v) is 13.9. The van der Waals surface area contributed by atoms with Crippen LogP contribution in [-0.4, -0.2) is 17.9 Å². The predicted octanol–water partition coefficient (Wildman–Crippen LogP) is 3.40. The molecule has 2 rings (SSSR count). The van der Waals surface area contributed by atoms with Crippen LogP contribution < -0.4 is 11.1 Å². The maximum absolute atomic E-state index is 12.3. The smallest absolute Gasteiger partial charge is 0.267 e. The lowest BCUT2D eigenvalue weighted by molar-refractivity contribution is -0.112. The zero-order chi connectivity index (χ0) is 17.5. The minimum atomic E-state index is -0.524. The Kier molecular flexibility index (Phi) is 5.83. The number of nitriles is 1. The molecular formula is C18H17ClN4O. The Hall–Kier alpha value is -2.97. The number of nitrogen functional groups attached to an aromatic ring is 1. The van der Waals surface area contributed by atoms with Gasteiger partial charge in [0.05, 0.1) is 10.7 Å². The standard InChI is InChI=1S/C18H17ClN4O/c1-23(11-13-5-3-2-4-6-13)12-14(10-20)18(24)22-17-8-7-15(21)9-16(17)19/h2-9,12H,11,21H2,1H3,(H,22,24)/b14-12-. The molecule has 2 aromatic rings. The molecule has 0 aliphatic carbocycles. The van der Waals surface area contributed by atoms with E-state index in [4.69, 9.17) is 17.3 Å². The highest BCUT2D eigenvalue weighted by atomic mass is 35.5. The van der Waals surface area contributed by atoms with E-state index in [-0.39, 0.29) is 5.57 Å². The van der Waals surface area contributed by atoms with Crippen LogP contribution in [0.1, 0.15) is 5.56 Å². The number of halogens is 1. The van der Waals surface area contributed by atoms with Crippen molar-refractivity contribution >= 4 is 28.9 Å². The first-order valence-electron chi connectivity index (χ1n) is 7.22. The molecule has 0 aromatic heterocycles. The second kappa shape index (κ2) is 8.04. The third kappa shape index (κ3) is 4.77. The summed E-state index contributed by atoms with van der Waals surface area (Å²) in [4.78, 5) is 14.0. The van der Waals surface area contributed by atoms with Crippen molar-refractivity contribution in [3.63, 3.8) is 0 Å². The first-order chi connectivity index (χ1) is 11.5. The van der Waals surface area contributed by atoms with Gasteiger partial charge in [-0.2, -0.15) is 5.26 Å². The molecule has 0 radical (unpaired) electrons. The van der Waals surface area contributed by atoms with E-state index in [9.17, 15) is 10.1 Å². The summed E-state index contributed by atoms with van der Waals surface area (Å²) in [6.45, 7) is 0.585. The molecule has 24 heavy (non-hydrogen) atoms. The fourth-order valence-corrected chi connectivity index (χ4v) is 2.33. The molecule has 0 heterocycles. The largest absolute Gasteiger partial charge is 0.399 e. The summed E-state index contributed by atoms with van der Waals surface area (Å²) in [6.07, 6.45) is 1.51. The van der Waals surface area contributed by atoms with Gasteiger partial charge >= 0.3 is 0 Å². The Morgan fingerprint density at radius 3 is 2.67 bits per heavy atom. The minimum Gasteiger partial charge on any atom is -0.399 e. The topological polar surface area (TPSA) is 82.2 Å². The number of nitrogens with two attached hydrogens (primary N) is 1. The summed E-state index contributed by atoms with van der Waals surface area (Å²) in [6, 6.07) is 16.4. The van der Waals surface area contributed by atoms with Crippen molar-refractivity contribution in [2.75, 3.05) is 18.1 Å². The Morgan fingerprint density at radius 1 is 1.33 bits per heavy atom. The highest BCUT2D eigenvalue weighted by Crippen LogP contribution is 2.24. The molecule has 0 atom stereocenters. The number of amides is 1. The molecular weight excluding hydrogens is 324 g/mol. The SMILES string of the molecule is CN(/C=C(/C#N)C(=O)Nc1ccc(N)cc1Cl)Cc1ccccc1. The Labute approximate surface area is 145 Å². The summed E-state index contributed by atoms with van der Waals surface area (Å²) < 4.78 is 0. The molecule has 2 aromatic carbocycles. The minimum absolute atomic E-state index is 0.0127. The first-order valence-corrected chi connectivity index (χ1v) is 7.60. The third-order valence-electron chi connectivity index (χ3n) is 3.23. The molecule has 0 bridgehead atoms. The number of nitrogens with zero attached hydrogens (tertiary/aromatic N) is 2. The Balaban J connectivity index is 2.09. The van der Waals surface area contributed by atoms with Crippen molar-refractivity contribution in [3.05, 3.63) is 70.9 Å². The average Bonchev–Trinajstić information content (AvgIpc) is 2.56. The number of carbonyl (C=O) groups excluding carboxylic acids is 1. The maximum Gasteiger partial charge on any atom is 0.267 e. The summed E-state index contributed by atoms with van der Waals surface area (Å²) in [7, 11) is 1.80. The van der Waals surface area contributed by atoms with Crippen LogP contribution in [0.5, 0.6) is 0 Å². The van der Waals surface area contributed by atoms with Gasteiger partial charge in [-0.15, -0.1) is 0 Å². The van der Waals surface area contributed by atoms with Crippen LogP contribution in [0.2, 0.25) is 5.02 Å². The van der Waals surface area contributed by atoms with Gasteiger partial charge in [0, 0.05) is 25.5 Å². The number of benzene rings is 2. The number of anilines is 2. The molecule has 122 valence electrons. The van der Waals surface area contributed by atoms with Crippen LogP contribution in [0.4, 0.5) is 11.4 Å². The fraction of sp³-hybridized carbons (Fsp3) is 0.111. The van der Waals surface area contributed by atoms with Gasteiger partial charge in [-0.1, -0.05) is 41.9 Å². The molecule has 3 N–H and O–H groups in total. The number of rotatable bonds is 5. The lowest BCUT2D eigenvalue weighted by atomic mass is 10.2. The second-order valence-corrected chi connectivity index (χ2v) is 5.66. The van der Waals surface area contributed by atoms with E-state index < -0.39 is 5.91 Å². The molecule has 6 heteroatoms. The molecule has 0 saturated heterocycles. The quantitative estimate of drug-likeness (QED) is 0.496. The molecule has 0 fully saturated rings. The molecule has 0 unspecified atom stereocenters. The monoisotopic (exact) mass is 340 g/mol. The van der Waals surface area contributed by atoms with E-state index in [1.165, 1.54) is 12.3 Å². The second-order valence-electron chi connectivity index (χ2n) is 5.25. The summed E-state index contributed by atoms with van der Waals surface area (Å²) >= 11 is 6.03. The van der Waals surface area contributed by atoms with E-state index in [1.54, 1.807) is 24.1 Å². The molecule has 5 nitrogen and oxygen atoms in total. The van der Waals surface area contributed by atoms with Crippen molar-refractivity contribution in [2.45, 2.75) is 6.54 Å². The van der Waals surface area contributed by atoms with E-state index in [0.29, 0.717) is 22.9 Å². The normalized spacial score (nSPS) is 10.8. The molecule has 1 amide bonds. The van der Waals surface area contributed by atoms with Gasteiger partial charge in [0.1, 0.15) is 11.6 Å². The zero-order valence-electron chi connectivity index (χ0n) is 13.2. The van der Waals surface area contributed by atoms with Gasteiger partial charge in [0.2, 0.25) is 0 Å². The Bertz CT molecular complexity index is 796. The third-order valence-corrected chi connectivity index (χ3v) is 3.54. The molecule has 0 aliphatic rings. The Morgan fingerprint density at radius 2 is 2.04 bits per heavy atom. The maximum atomic E-state index is 12.3. The van der Waals surface area contributed by atoms with Gasteiger partial charge in [0.15, 0.2) is 0 Å². The lowest BCUT2D eigenvalue weighted by Gasteiger charge is -2.15. The van der Waals surface area contributed by atoms with Crippen LogP contribution in [-0.2, 0) is 11.3 Å². The predicted molar refractivity (Wildman–Crippen MR) is 96.1 cm³/mol. The van der Waals surface area contributed by atoms with Crippen LogP contribution >= 0.6 is 11.6 Å². The van der Waals surface area contributed by atoms with Crippen molar-refractivity contribution in [1.82, 2.24) is 4.90 Å². The van der Waals surface area contributed by atoms with Crippen LogP contribution in [0.25, 0.3) is 0 Å². The van der Waals surface area contributed by atoms with E-state index in [1.807, 2.05) is 36.4 Å². The lowest BCUT2D eigenvalue weighted by Crippen LogP contribution is -2.18. The fourth-order valence-electron chi connectivity index (χ4n) is 2.10. The number of hydrogen-bond acceptors (Lipinski definition) is 4. The van der Waals surface area contributed by atoms with E-state index in [0.717, 1.165) is 5.56 Å². The van der Waals surface area contributed by atoms with Crippen LogP contribution in [0.15, 0.2) is 60.3 Å². The highest BCUT2D eigenvalue weighted by molar-refractivity contribution is 6.34. The van der Waals surface area contributed by atoms with Crippen molar-refractivity contribution < 1.29 is 4.79 Å². The summed E-state index contributed by atoms with van der Waals surface area (Å²) in [5, 5.41) is 12.2. The first kappa shape index (κ1) is 17.4.